The van der Waals surface area contributed by atoms with Gasteiger partial charge in [0, 0.05) is 5.69 Å². The second kappa shape index (κ2) is 8.64. The maximum atomic E-state index is 11.9. The van der Waals surface area contributed by atoms with E-state index in [4.69, 9.17) is 0 Å². The van der Waals surface area contributed by atoms with Gasteiger partial charge < -0.3 is 10.6 Å². The largest absolute Gasteiger partial charge is 0.346 e. The average molecular weight is 350 g/mol. The van der Waals surface area contributed by atoms with Crippen molar-refractivity contribution in [1.29, 1.82) is 0 Å². The molecule has 1 aromatic carbocycles. The number of rotatable bonds is 7. The highest BCUT2D eigenvalue weighted by Gasteiger charge is 2.09. The molecule has 2 N–H and O–H groups in total. The molecule has 122 valence electrons. The Balaban J connectivity index is 1.74. The predicted molar refractivity (Wildman–Crippen MR) is 92.8 cm³/mol. The average Bonchev–Trinajstić information content (AvgIpc) is 2.97. The number of nitrogens with one attached hydrogen (secondary N) is 2. The third kappa shape index (κ3) is 5.65. The zero-order valence-corrected chi connectivity index (χ0v) is 14.6. The third-order valence-corrected chi connectivity index (χ3v) is 4.92. The summed E-state index contributed by atoms with van der Waals surface area (Å²) in [5, 5.41) is 14.1. The number of thioether (sulfide) groups is 1. The first-order valence-corrected chi connectivity index (χ1v) is 8.96. The van der Waals surface area contributed by atoms with Crippen LogP contribution in [0.25, 0.3) is 0 Å². The van der Waals surface area contributed by atoms with Crippen molar-refractivity contribution in [2.45, 2.75) is 24.6 Å². The van der Waals surface area contributed by atoms with Crippen LogP contribution >= 0.6 is 23.1 Å². The fourth-order valence-electron chi connectivity index (χ4n) is 1.84. The van der Waals surface area contributed by atoms with E-state index in [0.29, 0.717) is 0 Å². The molecule has 8 heteroatoms. The lowest BCUT2D eigenvalue weighted by atomic mass is 10.1. The Hall–Kier alpha value is -1.93. The summed E-state index contributed by atoms with van der Waals surface area (Å²) in [6.07, 6.45) is 0.834. The van der Waals surface area contributed by atoms with E-state index < -0.39 is 0 Å². The van der Waals surface area contributed by atoms with Crippen molar-refractivity contribution in [3.05, 3.63) is 34.8 Å². The molecule has 0 saturated carbocycles. The van der Waals surface area contributed by atoms with Crippen molar-refractivity contribution < 1.29 is 9.59 Å². The molecule has 2 rings (SSSR count). The molecule has 0 aliphatic heterocycles. The standard InChI is InChI=1S/C15H18N4O2S2/c1-3-11-6-4-5-7-12(11)17-13(20)8-16-14(21)9-22-15-19-18-10(2)23-15/h4-7H,3,8-9H2,1-2H3,(H,16,21)(H,17,20). The summed E-state index contributed by atoms with van der Waals surface area (Å²) in [6, 6.07) is 7.62. The molecule has 0 fully saturated rings. The van der Waals surface area contributed by atoms with E-state index in [-0.39, 0.29) is 24.1 Å². The Morgan fingerprint density at radius 1 is 1.22 bits per heavy atom. The molecule has 0 radical (unpaired) electrons. The first-order valence-electron chi connectivity index (χ1n) is 7.16. The van der Waals surface area contributed by atoms with E-state index in [2.05, 4.69) is 20.8 Å². The van der Waals surface area contributed by atoms with E-state index in [1.165, 1.54) is 23.1 Å². The number of anilines is 1. The quantitative estimate of drug-likeness (QED) is 0.748. The fourth-order valence-corrected chi connectivity index (χ4v) is 3.48. The summed E-state index contributed by atoms with van der Waals surface area (Å²) < 4.78 is 0.749. The molecule has 0 spiro atoms. The van der Waals surface area contributed by atoms with Gasteiger partial charge >= 0.3 is 0 Å². The van der Waals surface area contributed by atoms with E-state index in [9.17, 15) is 9.59 Å². The zero-order chi connectivity index (χ0) is 16.7. The highest BCUT2D eigenvalue weighted by Crippen LogP contribution is 2.21. The summed E-state index contributed by atoms with van der Waals surface area (Å²) >= 11 is 2.75. The number of aryl methyl sites for hydroxylation is 2. The minimum Gasteiger partial charge on any atom is -0.346 e. The zero-order valence-electron chi connectivity index (χ0n) is 13.0. The number of carbonyl (C=O) groups is 2. The van der Waals surface area contributed by atoms with Gasteiger partial charge in [0.2, 0.25) is 11.8 Å². The topological polar surface area (TPSA) is 84.0 Å². The molecule has 1 heterocycles. The van der Waals surface area contributed by atoms with Crippen molar-refractivity contribution >= 4 is 40.6 Å². The van der Waals surface area contributed by atoms with Gasteiger partial charge in [-0.1, -0.05) is 48.2 Å². The van der Waals surface area contributed by atoms with Crippen LogP contribution in [-0.2, 0) is 16.0 Å². The van der Waals surface area contributed by atoms with Gasteiger partial charge in [-0.3, -0.25) is 9.59 Å². The van der Waals surface area contributed by atoms with Crippen LogP contribution in [0.15, 0.2) is 28.6 Å². The lowest BCUT2D eigenvalue weighted by molar-refractivity contribution is -0.122. The summed E-state index contributed by atoms with van der Waals surface area (Å²) in [5.41, 5.74) is 1.85. The number of hydrogen-bond donors (Lipinski definition) is 2. The molecule has 0 atom stereocenters. The van der Waals surface area contributed by atoms with Crippen molar-refractivity contribution in [1.82, 2.24) is 15.5 Å². The monoisotopic (exact) mass is 350 g/mol. The second-order valence-electron chi connectivity index (χ2n) is 4.71. The van der Waals surface area contributed by atoms with E-state index in [1.807, 2.05) is 38.1 Å². The number of hydrogen-bond acceptors (Lipinski definition) is 6. The van der Waals surface area contributed by atoms with Crippen molar-refractivity contribution in [2.75, 3.05) is 17.6 Å². The van der Waals surface area contributed by atoms with Gasteiger partial charge in [0.05, 0.1) is 12.3 Å². The van der Waals surface area contributed by atoms with Gasteiger partial charge in [-0.15, -0.1) is 10.2 Å². The predicted octanol–water partition coefficient (Wildman–Crippen LogP) is 2.26. The number of para-hydroxylation sites is 1. The van der Waals surface area contributed by atoms with Gasteiger partial charge in [-0.05, 0) is 25.0 Å². The first-order chi connectivity index (χ1) is 11.1. The van der Waals surface area contributed by atoms with Crippen LogP contribution in [0.5, 0.6) is 0 Å². The van der Waals surface area contributed by atoms with Crippen molar-refractivity contribution in [3.8, 4) is 0 Å². The molecular weight excluding hydrogens is 332 g/mol. The number of aromatic nitrogens is 2. The Morgan fingerprint density at radius 2 is 2.00 bits per heavy atom. The van der Waals surface area contributed by atoms with Gasteiger partial charge in [0.15, 0.2) is 4.34 Å². The normalized spacial score (nSPS) is 10.3. The van der Waals surface area contributed by atoms with Crippen LogP contribution < -0.4 is 10.6 Å². The van der Waals surface area contributed by atoms with Crippen LogP contribution in [0.3, 0.4) is 0 Å². The molecule has 1 aromatic heterocycles. The Labute approximate surface area is 143 Å². The van der Waals surface area contributed by atoms with Crippen LogP contribution in [0.2, 0.25) is 0 Å². The molecule has 2 aromatic rings. The van der Waals surface area contributed by atoms with E-state index in [0.717, 1.165) is 27.0 Å². The highest BCUT2D eigenvalue weighted by molar-refractivity contribution is 8.01. The maximum Gasteiger partial charge on any atom is 0.243 e. The van der Waals surface area contributed by atoms with Gasteiger partial charge in [-0.2, -0.15) is 0 Å². The number of nitrogens with zero attached hydrogens (tertiary/aromatic N) is 2. The number of amides is 2. The van der Waals surface area contributed by atoms with E-state index in [1.54, 1.807) is 0 Å². The number of carbonyl (C=O) groups excluding carboxylic acids is 2. The van der Waals surface area contributed by atoms with Crippen LogP contribution in [-0.4, -0.2) is 34.3 Å². The number of benzene rings is 1. The Kier molecular flexibility index (Phi) is 6.54. The Bertz CT molecular complexity index is 688. The molecule has 0 bridgehead atoms. The molecular formula is C15H18N4O2S2. The van der Waals surface area contributed by atoms with Gasteiger partial charge in [0.25, 0.3) is 0 Å². The third-order valence-electron chi connectivity index (χ3n) is 2.95. The van der Waals surface area contributed by atoms with Crippen molar-refractivity contribution in [2.24, 2.45) is 0 Å². The smallest absolute Gasteiger partial charge is 0.243 e. The molecule has 0 aliphatic rings. The van der Waals surface area contributed by atoms with Crippen molar-refractivity contribution in [3.63, 3.8) is 0 Å². The minimum atomic E-state index is -0.240. The van der Waals surface area contributed by atoms with Gasteiger partial charge in [0.1, 0.15) is 5.01 Å². The van der Waals surface area contributed by atoms with Crippen LogP contribution in [0.4, 0.5) is 5.69 Å². The SMILES string of the molecule is CCc1ccccc1NC(=O)CNC(=O)CSc1nnc(C)s1. The highest BCUT2D eigenvalue weighted by atomic mass is 32.2. The fraction of sp³-hybridized carbons (Fsp3) is 0.333. The minimum absolute atomic E-state index is 0.0490. The molecule has 2 amide bonds. The van der Waals surface area contributed by atoms with Crippen LogP contribution in [0, 0.1) is 6.92 Å². The molecule has 0 aliphatic carbocycles. The summed E-state index contributed by atoms with van der Waals surface area (Å²) in [7, 11) is 0. The summed E-state index contributed by atoms with van der Waals surface area (Å²) in [6.45, 7) is 3.84. The van der Waals surface area contributed by atoms with Crippen LogP contribution in [0.1, 0.15) is 17.5 Å². The summed E-state index contributed by atoms with van der Waals surface area (Å²) in [5.74, 6) is -0.231. The molecule has 6 nitrogen and oxygen atoms in total. The molecule has 23 heavy (non-hydrogen) atoms. The van der Waals surface area contributed by atoms with E-state index >= 15 is 0 Å². The first kappa shape index (κ1) is 17.4. The molecule has 0 unspecified atom stereocenters. The lowest BCUT2D eigenvalue weighted by Crippen LogP contribution is -2.34. The second-order valence-corrected chi connectivity index (χ2v) is 7.12. The lowest BCUT2D eigenvalue weighted by Gasteiger charge is -2.10. The Morgan fingerprint density at radius 3 is 2.70 bits per heavy atom. The molecule has 0 saturated heterocycles. The maximum absolute atomic E-state index is 11.9. The van der Waals surface area contributed by atoms with Gasteiger partial charge in [-0.25, -0.2) is 0 Å². The summed E-state index contributed by atoms with van der Waals surface area (Å²) in [4.78, 5) is 23.7.